The third kappa shape index (κ3) is 2.62. The van der Waals surface area contributed by atoms with Gasteiger partial charge in [0.2, 0.25) is 0 Å². The number of halogens is 2. The van der Waals surface area contributed by atoms with Gasteiger partial charge in [0, 0.05) is 25.8 Å². The van der Waals surface area contributed by atoms with Gasteiger partial charge in [-0.05, 0) is 30.3 Å². The molecule has 0 spiro atoms. The number of carbonyl (C=O) groups is 2. The Hall–Kier alpha value is -1.50. The first-order chi connectivity index (χ1) is 10.4. The van der Waals surface area contributed by atoms with Gasteiger partial charge in [-0.2, -0.15) is 0 Å². The molecule has 0 saturated heterocycles. The normalized spacial score (nSPS) is 19.7. The van der Waals surface area contributed by atoms with Crippen molar-refractivity contribution in [2.75, 3.05) is 5.32 Å². The first-order valence-corrected chi connectivity index (χ1v) is 8.11. The lowest BCUT2D eigenvalue weighted by molar-refractivity contribution is -0.133. The molecular formula is C16H11Br2NO3. The number of hydrogen-bond donors (Lipinski definition) is 2. The van der Waals surface area contributed by atoms with Gasteiger partial charge in [-0.1, -0.05) is 44.0 Å². The van der Waals surface area contributed by atoms with Crippen molar-refractivity contribution in [3.8, 4) is 0 Å². The Labute approximate surface area is 143 Å². The standard InChI is InChI=1S/C16H11Br2NO3/c17-10-3-1-9(2-4-10)14(20)8-16(22)12-7-11(18)5-6-13(12)19-15(16)21/h1-7,22H,8H2,(H,19,21)/t16-/m0/s1. The summed E-state index contributed by atoms with van der Waals surface area (Å²) < 4.78 is 1.59. The maximum atomic E-state index is 12.4. The largest absolute Gasteiger partial charge is 0.375 e. The second-order valence-electron chi connectivity index (χ2n) is 5.11. The predicted octanol–water partition coefficient (Wildman–Crippen LogP) is 3.62. The van der Waals surface area contributed by atoms with Crippen LogP contribution in [0.25, 0.3) is 0 Å². The second kappa shape index (κ2) is 5.61. The number of aliphatic hydroxyl groups is 1. The van der Waals surface area contributed by atoms with Crippen LogP contribution in [0.3, 0.4) is 0 Å². The highest BCUT2D eigenvalue weighted by Crippen LogP contribution is 2.40. The zero-order valence-corrected chi connectivity index (χ0v) is 14.4. The summed E-state index contributed by atoms with van der Waals surface area (Å²) in [5, 5.41) is 13.4. The van der Waals surface area contributed by atoms with Gasteiger partial charge in [-0.3, -0.25) is 9.59 Å². The van der Waals surface area contributed by atoms with Gasteiger partial charge >= 0.3 is 0 Å². The van der Waals surface area contributed by atoms with E-state index < -0.39 is 11.5 Å². The maximum absolute atomic E-state index is 12.4. The van der Waals surface area contributed by atoms with Crippen molar-refractivity contribution in [2.24, 2.45) is 0 Å². The summed E-state index contributed by atoms with van der Waals surface area (Å²) in [5.74, 6) is -0.871. The fourth-order valence-electron chi connectivity index (χ4n) is 2.46. The van der Waals surface area contributed by atoms with Crippen molar-refractivity contribution in [1.82, 2.24) is 0 Å². The average Bonchev–Trinajstić information content (AvgIpc) is 2.71. The first kappa shape index (κ1) is 15.4. The van der Waals surface area contributed by atoms with Gasteiger partial charge in [-0.15, -0.1) is 0 Å². The molecule has 4 nitrogen and oxygen atoms in total. The molecule has 0 radical (unpaired) electrons. The highest BCUT2D eigenvalue weighted by atomic mass is 79.9. The quantitative estimate of drug-likeness (QED) is 0.739. The van der Waals surface area contributed by atoms with Crippen LogP contribution in [0.1, 0.15) is 22.3 Å². The molecular weight excluding hydrogens is 414 g/mol. The molecule has 0 bridgehead atoms. The topological polar surface area (TPSA) is 66.4 Å². The number of carbonyl (C=O) groups excluding carboxylic acids is 2. The van der Waals surface area contributed by atoms with Gasteiger partial charge in [0.05, 0.1) is 6.42 Å². The molecule has 0 aliphatic carbocycles. The number of nitrogens with one attached hydrogen (secondary N) is 1. The Morgan fingerprint density at radius 3 is 2.41 bits per heavy atom. The van der Waals surface area contributed by atoms with E-state index in [0.29, 0.717) is 16.8 Å². The van der Waals surface area contributed by atoms with Crippen LogP contribution in [0.4, 0.5) is 5.69 Å². The van der Waals surface area contributed by atoms with Crippen molar-refractivity contribution in [1.29, 1.82) is 0 Å². The molecule has 1 atom stereocenters. The number of Topliss-reactive ketones (excluding diaryl/α,β-unsaturated/α-hetero) is 1. The van der Waals surface area contributed by atoms with Crippen LogP contribution in [0.2, 0.25) is 0 Å². The van der Waals surface area contributed by atoms with Crippen LogP contribution in [0, 0.1) is 0 Å². The van der Waals surface area contributed by atoms with Crippen LogP contribution in [-0.4, -0.2) is 16.8 Å². The molecule has 0 fully saturated rings. The third-order valence-corrected chi connectivity index (χ3v) is 4.66. The minimum atomic E-state index is -1.84. The summed E-state index contributed by atoms with van der Waals surface area (Å²) in [4.78, 5) is 24.5. The molecule has 0 unspecified atom stereocenters. The molecule has 3 rings (SSSR count). The Balaban J connectivity index is 1.94. The zero-order valence-electron chi connectivity index (χ0n) is 11.3. The molecule has 6 heteroatoms. The van der Waals surface area contributed by atoms with Crippen LogP contribution in [-0.2, 0) is 10.4 Å². The Morgan fingerprint density at radius 2 is 1.73 bits per heavy atom. The van der Waals surface area contributed by atoms with E-state index >= 15 is 0 Å². The summed E-state index contributed by atoms with van der Waals surface area (Å²) in [6, 6.07) is 11.9. The Bertz CT molecular complexity index is 773. The summed E-state index contributed by atoms with van der Waals surface area (Å²) >= 11 is 6.62. The van der Waals surface area contributed by atoms with Crippen molar-refractivity contribution < 1.29 is 14.7 Å². The Morgan fingerprint density at radius 1 is 1.09 bits per heavy atom. The van der Waals surface area contributed by atoms with E-state index in [-0.39, 0.29) is 12.2 Å². The first-order valence-electron chi connectivity index (χ1n) is 6.53. The van der Waals surface area contributed by atoms with E-state index in [1.165, 1.54) is 0 Å². The number of benzene rings is 2. The van der Waals surface area contributed by atoms with Crippen LogP contribution < -0.4 is 5.32 Å². The molecule has 1 amide bonds. The van der Waals surface area contributed by atoms with E-state index in [4.69, 9.17) is 0 Å². The number of ketones is 1. The smallest absolute Gasteiger partial charge is 0.261 e. The van der Waals surface area contributed by atoms with E-state index in [2.05, 4.69) is 37.2 Å². The molecule has 112 valence electrons. The van der Waals surface area contributed by atoms with Gasteiger partial charge < -0.3 is 10.4 Å². The third-order valence-electron chi connectivity index (χ3n) is 3.63. The van der Waals surface area contributed by atoms with E-state index in [1.807, 2.05) is 0 Å². The lowest BCUT2D eigenvalue weighted by atomic mass is 9.88. The van der Waals surface area contributed by atoms with E-state index in [1.54, 1.807) is 42.5 Å². The molecule has 2 aromatic rings. The zero-order chi connectivity index (χ0) is 15.9. The molecule has 2 N–H and O–H groups in total. The van der Waals surface area contributed by atoms with Crippen molar-refractivity contribution in [3.63, 3.8) is 0 Å². The summed E-state index contributed by atoms with van der Waals surface area (Å²) in [6.07, 6.45) is -0.302. The molecule has 2 aromatic carbocycles. The average molecular weight is 425 g/mol. The number of amides is 1. The van der Waals surface area contributed by atoms with E-state index in [9.17, 15) is 14.7 Å². The second-order valence-corrected chi connectivity index (χ2v) is 6.94. The highest BCUT2D eigenvalue weighted by molar-refractivity contribution is 9.10. The summed E-state index contributed by atoms with van der Waals surface area (Å²) in [7, 11) is 0. The van der Waals surface area contributed by atoms with Crippen LogP contribution in [0.5, 0.6) is 0 Å². The number of hydrogen-bond acceptors (Lipinski definition) is 3. The fourth-order valence-corrected chi connectivity index (χ4v) is 3.09. The van der Waals surface area contributed by atoms with E-state index in [0.717, 1.165) is 8.95 Å². The fraction of sp³-hybridized carbons (Fsp3) is 0.125. The molecule has 1 heterocycles. The van der Waals surface area contributed by atoms with Crippen LogP contribution >= 0.6 is 31.9 Å². The maximum Gasteiger partial charge on any atom is 0.261 e. The van der Waals surface area contributed by atoms with Crippen molar-refractivity contribution in [3.05, 3.63) is 62.5 Å². The Kier molecular flexibility index (Phi) is 3.92. The van der Waals surface area contributed by atoms with Gasteiger partial charge in [0.15, 0.2) is 11.4 Å². The molecule has 0 saturated carbocycles. The number of rotatable bonds is 3. The van der Waals surface area contributed by atoms with Gasteiger partial charge in [-0.25, -0.2) is 0 Å². The SMILES string of the molecule is O=C(C[C@@]1(O)C(=O)Nc2ccc(Br)cc21)c1ccc(Br)cc1. The molecule has 1 aliphatic heterocycles. The van der Waals surface area contributed by atoms with Gasteiger partial charge in [0.25, 0.3) is 5.91 Å². The van der Waals surface area contributed by atoms with Crippen molar-refractivity contribution >= 4 is 49.2 Å². The number of anilines is 1. The lowest BCUT2D eigenvalue weighted by Gasteiger charge is -2.20. The molecule has 0 aromatic heterocycles. The van der Waals surface area contributed by atoms with Crippen molar-refractivity contribution in [2.45, 2.75) is 12.0 Å². The number of fused-ring (bicyclic) bond motifs is 1. The monoisotopic (exact) mass is 423 g/mol. The summed E-state index contributed by atoms with van der Waals surface area (Å²) in [6.45, 7) is 0. The summed E-state index contributed by atoms with van der Waals surface area (Å²) in [5.41, 5.74) is -0.451. The molecule has 1 aliphatic rings. The molecule has 22 heavy (non-hydrogen) atoms. The minimum absolute atomic E-state index is 0.294. The lowest BCUT2D eigenvalue weighted by Crippen LogP contribution is -2.36. The van der Waals surface area contributed by atoms with Crippen LogP contribution in [0.15, 0.2) is 51.4 Å². The minimum Gasteiger partial charge on any atom is -0.375 e. The van der Waals surface area contributed by atoms with Gasteiger partial charge in [0.1, 0.15) is 0 Å². The highest BCUT2D eigenvalue weighted by Gasteiger charge is 2.46. The predicted molar refractivity (Wildman–Crippen MR) is 89.8 cm³/mol.